The molecular weight excluding hydrogens is 830 g/mol. The molecule has 5 rings (SSSR count). The Bertz CT molecular complexity index is 2140. The first-order valence-electron chi connectivity index (χ1n) is 21.0. The number of carbonyl (C=O) groups is 6. The molecule has 0 spiro atoms. The van der Waals surface area contributed by atoms with Crippen LogP contribution in [0.1, 0.15) is 89.5 Å². The Hall–Kier alpha value is -6.59. The van der Waals surface area contributed by atoms with Crippen LogP contribution in [0.25, 0.3) is 0 Å². The highest BCUT2D eigenvalue weighted by Crippen LogP contribution is 2.46. The maximum absolute atomic E-state index is 14.4. The molecule has 18 heteroatoms. The number of benzene rings is 3. The lowest BCUT2D eigenvalue weighted by Crippen LogP contribution is -2.61. The Balaban J connectivity index is 1.61. The predicted octanol–water partition coefficient (Wildman–Crippen LogP) is 5.02. The third kappa shape index (κ3) is 9.50. The van der Waals surface area contributed by atoms with E-state index < -0.39 is 75.6 Å². The van der Waals surface area contributed by atoms with E-state index in [2.05, 4.69) is 10.6 Å². The van der Waals surface area contributed by atoms with Crippen molar-refractivity contribution in [1.82, 2.24) is 20.4 Å². The molecule has 0 radical (unpaired) electrons. The number of hydrogen-bond acceptors (Lipinski definition) is 9. The van der Waals surface area contributed by atoms with Gasteiger partial charge in [0.1, 0.15) is 29.4 Å². The summed E-state index contributed by atoms with van der Waals surface area (Å²) in [6.45, 7) is 10.8. The minimum absolute atomic E-state index is 0.118. The Morgan fingerprint density at radius 1 is 0.688 bits per heavy atom. The van der Waals surface area contributed by atoms with Gasteiger partial charge in [0.2, 0.25) is 23.6 Å². The van der Waals surface area contributed by atoms with Gasteiger partial charge in [-0.25, -0.2) is 14.0 Å². The standard InChI is InChI=1S/C46H60FN7O10/c1-43(2,3)35(50-41(59)60)37(55)53-21-9-19-45(53,39(48)57)31-23-27(11-17-33(31)63-7)25-52(30-15-13-29(47)14-16-30)26-28-12-18-34(64-8)32(24-28)46(40(49)58)20-10-22-54(46)38(56)36(44(4,5)6)51-42(61)62/h11-18,23-24,35-36,50-51H,9-10,19-22,25-26H2,1-8H3,(H2,48,57)(H2,49,58)(H,59,60)(H,61,62)/t35-,36-,45+,46+/m1/s1. The molecule has 0 bridgehead atoms. The lowest BCUT2D eigenvalue weighted by Gasteiger charge is -2.41. The van der Waals surface area contributed by atoms with Crippen molar-refractivity contribution in [3.8, 4) is 11.5 Å². The fraction of sp³-hybridized carbons (Fsp3) is 0.478. The summed E-state index contributed by atoms with van der Waals surface area (Å²) in [7, 11) is 2.85. The summed E-state index contributed by atoms with van der Waals surface area (Å²) in [5.41, 5.74) is 9.73. The molecule has 4 atom stereocenters. The van der Waals surface area contributed by atoms with E-state index in [0.29, 0.717) is 40.8 Å². The number of rotatable bonds is 15. The molecule has 6 amide bonds. The number of carbonyl (C=O) groups excluding carboxylic acids is 4. The average molecular weight is 890 g/mol. The van der Waals surface area contributed by atoms with Crippen molar-refractivity contribution in [2.75, 3.05) is 32.2 Å². The molecule has 346 valence electrons. The van der Waals surface area contributed by atoms with Crippen molar-refractivity contribution in [3.63, 3.8) is 0 Å². The number of methoxy groups -OCH3 is 2. The largest absolute Gasteiger partial charge is 0.496 e. The van der Waals surface area contributed by atoms with Gasteiger partial charge >= 0.3 is 12.2 Å². The van der Waals surface area contributed by atoms with Gasteiger partial charge in [0.05, 0.1) is 14.2 Å². The molecule has 3 aromatic carbocycles. The van der Waals surface area contributed by atoms with Gasteiger partial charge in [-0.05, 0) is 96.2 Å². The number of amides is 6. The van der Waals surface area contributed by atoms with Crippen LogP contribution in [0.15, 0.2) is 60.7 Å². The van der Waals surface area contributed by atoms with Crippen LogP contribution in [0.5, 0.6) is 11.5 Å². The van der Waals surface area contributed by atoms with E-state index in [0.717, 1.165) is 0 Å². The molecular formula is C46H60FN7O10. The maximum Gasteiger partial charge on any atom is 0.405 e. The third-order valence-electron chi connectivity index (χ3n) is 12.2. The lowest BCUT2D eigenvalue weighted by atomic mass is 9.81. The predicted molar refractivity (Wildman–Crippen MR) is 235 cm³/mol. The summed E-state index contributed by atoms with van der Waals surface area (Å²) in [5.74, 6) is -2.82. The van der Waals surface area contributed by atoms with E-state index in [1.54, 1.807) is 90.1 Å². The average Bonchev–Trinajstić information content (AvgIpc) is 3.88. The number of hydrogen-bond donors (Lipinski definition) is 6. The first-order valence-corrected chi connectivity index (χ1v) is 21.0. The highest BCUT2D eigenvalue weighted by atomic mass is 19.1. The third-order valence-corrected chi connectivity index (χ3v) is 12.2. The minimum Gasteiger partial charge on any atom is -0.496 e. The number of nitrogens with zero attached hydrogens (tertiary/aromatic N) is 3. The van der Waals surface area contributed by atoms with E-state index >= 15 is 0 Å². The number of carboxylic acid groups (broad SMARTS) is 2. The number of anilines is 1. The van der Waals surface area contributed by atoms with Crippen molar-refractivity contribution in [2.24, 2.45) is 22.3 Å². The Morgan fingerprint density at radius 3 is 1.38 bits per heavy atom. The van der Waals surface area contributed by atoms with Crippen LogP contribution in [0.4, 0.5) is 19.7 Å². The van der Waals surface area contributed by atoms with Crippen LogP contribution < -0.4 is 36.5 Å². The molecule has 3 aromatic rings. The van der Waals surface area contributed by atoms with Crippen LogP contribution in [0.2, 0.25) is 0 Å². The minimum atomic E-state index is -1.71. The summed E-state index contributed by atoms with van der Waals surface area (Å²) in [6, 6.07) is 13.7. The zero-order valence-corrected chi connectivity index (χ0v) is 37.6. The molecule has 2 fully saturated rings. The second kappa shape index (κ2) is 18.6. The van der Waals surface area contributed by atoms with Crippen LogP contribution in [0.3, 0.4) is 0 Å². The number of likely N-dealkylation sites (tertiary alicyclic amines) is 2. The fourth-order valence-corrected chi connectivity index (χ4v) is 9.11. The molecule has 2 aliphatic heterocycles. The number of halogens is 1. The molecule has 2 saturated heterocycles. The van der Waals surface area contributed by atoms with Gasteiger partial charge in [-0.3, -0.25) is 19.2 Å². The topological polar surface area (TPSA) is 247 Å². The molecule has 8 N–H and O–H groups in total. The highest BCUT2D eigenvalue weighted by Gasteiger charge is 2.55. The molecule has 2 aliphatic rings. The molecule has 64 heavy (non-hydrogen) atoms. The first-order chi connectivity index (χ1) is 29.9. The van der Waals surface area contributed by atoms with Gasteiger partial charge in [-0.1, -0.05) is 53.7 Å². The summed E-state index contributed by atoms with van der Waals surface area (Å²) in [6.07, 6.45) is -1.76. The van der Waals surface area contributed by atoms with Crippen LogP contribution in [-0.2, 0) is 43.3 Å². The molecule has 0 saturated carbocycles. The molecule has 0 aromatic heterocycles. The summed E-state index contributed by atoms with van der Waals surface area (Å²) < 4.78 is 25.9. The quantitative estimate of drug-likeness (QED) is 0.118. The van der Waals surface area contributed by atoms with Gasteiger partial charge in [-0.2, -0.15) is 0 Å². The van der Waals surface area contributed by atoms with Gasteiger partial charge in [0, 0.05) is 43.0 Å². The lowest BCUT2D eigenvalue weighted by molar-refractivity contribution is -0.147. The summed E-state index contributed by atoms with van der Waals surface area (Å²) in [5, 5.41) is 24.0. The maximum atomic E-state index is 14.4. The Labute approximate surface area is 372 Å². The number of ether oxygens (including phenoxy) is 2. The fourth-order valence-electron chi connectivity index (χ4n) is 9.11. The van der Waals surface area contributed by atoms with E-state index in [1.165, 1.54) is 36.2 Å². The Morgan fingerprint density at radius 2 is 1.06 bits per heavy atom. The SMILES string of the molecule is COc1ccc(CN(Cc2ccc(OC)c([C@]3(C(N)=O)CCCN3C(=O)[C@@H](NC(=O)O)C(C)(C)C)c2)c2ccc(F)cc2)cc1[C@]1(C(N)=O)CCCN1C(=O)[C@@H](NC(=O)O)C(C)(C)C. The number of primary amides is 2. The van der Waals surface area contributed by atoms with Gasteiger partial charge in [0.15, 0.2) is 11.1 Å². The van der Waals surface area contributed by atoms with Crippen molar-refractivity contribution in [2.45, 2.75) is 103 Å². The number of nitrogens with two attached hydrogens (primary N) is 2. The highest BCUT2D eigenvalue weighted by molar-refractivity contribution is 5.97. The van der Waals surface area contributed by atoms with E-state index in [-0.39, 0.29) is 50.5 Å². The second-order valence-electron chi connectivity index (χ2n) is 18.5. The van der Waals surface area contributed by atoms with E-state index in [4.69, 9.17) is 20.9 Å². The number of nitrogens with one attached hydrogen (secondary N) is 2. The van der Waals surface area contributed by atoms with Crippen molar-refractivity contribution in [3.05, 3.63) is 88.7 Å². The smallest absolute Gasteiger partial charge is 0.405 e. The second-order valence-corrected chi connectivity index (χ2v) is 18.5. The monoisotopic (exact) mass is 889 g/mol. The van der Waals surface area contributed by atoms with E-state index in [1.807, 2.05) is 4.90 Å². The summed E-state index contributed by atoms with van der Waals surface area (Å²) >= 11 is 0. The molecule has 2 heterocycles. The van der Waals surface area contributed by atoms with Gasteiger partial charge in [0.25, 0.3) is 0 Å². The van der Waals surface area contributed by atoms with Crippen molar-refractivity contribution < 1.29 is 52.8 Å². The normalized spacial score (nSPS) is 19.6. The first kappa shape index (κ1) is 48.4. The van der Waals surface area contributed by atoms with Crippen LogP contribution in [-0.4, -0.2) is 95.2 Å². The van der Waals surface area contributed by atoms with Gasteiger partial charge < -0.3 is 56.5 Å². The van der Waals surface area contributed by atoms with Crippen LogP contribution >= 0.6 is 0 Å². The molecule has 17 nitrogen and oxygen atoms in total. The molecule has 0 aliphatic carbocycles. The van der Waals surface area contributed by atoms with Crippen molar-refractivity contribution in [1.29, 1.82) is 0 Å². The Kier molecular flexibility index (Phi) is 14.1. The molecule has 0 unspecified atom stereocenters. The zero-order valence-electron chi connectivity index (χ0n) is 37.6. The zero-order chi connectivity index (χ0) is 47.5. The van der Waals surface area contributed by atoms with Crippen molar-refractivity contribution >= 4 is 41.5 Å². The van der Waals surface area contributed by atoms with Gasteiger partial charge in [-0.15, -0.1) is 0 Å². The van der Waals surface area contributed by atoms with E-state index in [9.17, 15) is 43.4 Å². The summed E-state index contributed by atoms with van der Waals surface area (Å²) in [4.78, 5) is 84.6. The van der Waals surface area contributed by atoms with Crippen LogP contribution in [0, 0.1) is 16.6 Å².